The highest BCUT2D eigenvalue weighted by molar-refractivity contribution is 9.12. The van der Waals surface area contributed by atoms with Crippen LogP contribution in [0.5, 0.6) is 0 Å². The average Bonchev–Trinajstić information content (AvgIpc) is 1.97. The van der Waals surface area contributed by atoms with E-state index in [2.05, 4.69) is 26.2 Å². The number of aliphatic imine (C=N–C) groups is 1. The Labute approximate surface area is 73.7 Å². The maximum absolute atomic E-state index is 11.9. The summed E-state index contributed by atoms with van der Waals surface area (Å²) < 4.78 is 12.8. The molecule has 1 N–H and O–H groups in total. The quantitative estimate of drug-likeness (QED) is 0.706. The van der Waals surface area contributed by atoms with Crippen LogP contribution in [-0.2, 0) is 0 Å². The van der Waals surface area contributed by atoms with E-state index in [1.165, 1.54) is 0 Å². The Morgan fingerprint density at radius 2 is 2.64 bits per heavy atom. The molecule has 0 radical (unpaired) electrons. The summed E-state index contributed by atoms with van der Waals surface area (Å²) in [7, 11) is 0. The van der Waals surface area contributed by atoms with E-state index in [1.54, 1.807) is 6.21 Å². The van der Waals surface area contributed by atoms with Crippen LogP contribution in [0.1, 0.15) is 6.92 Å². The van der Waals surface area contributed by atoms with Crippen LogP contribution in [0.15, 0.2) is 15.2 Å². The van der Waals surface area contributed by atoms with Crippen molar-refractivity contribution >= 4 is 22.1 Å². The zero-order valence-corrected chi connectivity index (χ0v) is 7.86. The normalized spacial score (nSPS) is 24.1. The van der Waals surface area contributed by atoms with Gasteiger partial charge in [-0.15, -0.1) is 0 Å². The summed E-state index contributed by atoms with van der Waals surface area (Å²) in [4.78, 5) is 4.08. The number of hydrogen-bond acceptors (Lipinski definition) is 2. The number of dihydropyridines is 1. The molecular weight excluding hydrogens is 211 g/mol. The molecule has 4 heteroatoms. The zero-order valence-electron chi connectivity index (χ0n) is 6.27. The molecule has 1 unspecified atom stereocenters. The van der Waals surface area contributed by atoms with Crippen LogP contribution in [0.25, 0.3) is 0 Å². The van der Waals surface area contributed by atoms with Gasteiger partial charge in [0.15, 0.2) is 6.80 Å². The van der Waals surface area contributed by atoms with Crippen molar-refractivity contribution in [2.75, 3.05) is 13.3 Å². The molecule has 0 bridgehead atoms. The molecule has 11 heavy (non-hydrogen) atoms. The van der Waals surface area contributed by atoms with E-state index in [0.717, 1.165) is 16.7 Å². The summed E-state index contributed by atoms with van der Waals surface area (Å²) in [6.07, 6.45) is 1.71. The highest BCUT2D eigenvalue weighted by Crippen LogP contribution is 2.20. The first-order valence-corrected chi connectivity index (χ1v) is 4.24. The minimum atomic E-state index is -0.525. The number of allylic oxidation sites excluding steroid dienone is 1. The Morgan fingerprint density at radius 3 is 3.18 bits per heavy atom. The van der Waals surface area contributed by atoms with Crippen molar-refractivity contribution in [1.29, 1.82) is 0 Å². The Hall–Kier alpha value is -0.380. The van der Waals surface area contributed by atoms with Crippen LogP contribution in [0.4, 0.5) is 4.39 Å². The predicted octanol–water partition coefficient (Wildman–Crippen LogP) is 1.83. The third-order valence-electron chi connectivity index (χ3n) is 1.59. The van der Waals surface area contributed by atoms with Crippen molar-refractivity contribution in [3.05, 3.63) is 10.2 Å². The van der Waals surface area contributed by atoms with Crippen LogP contribution >= 0.6 is 15.9 Å². The van der Waals surface area contributed by atoms with Gasteiger partial charge in [-0.05, 0) is 15.9 Å². The van der Waals surface area contributed by atoms with E-state index >= 15 is 0 Å². The van der Waals surface area contributed by atoms with Gasteiger partial charge in [0.1, 0.15) is 0 Å². The number of nitrogens with zero attached hydrogens (tertiary/aromatic N) is 1. The van der Waals surface area contributed by atoms with E-state index in [1.807, 2.05) is 6.92 Å². The van der Waals surface area contributed by atoms with Gasteiger partial charge >= 0.3 is 0 Å². The molecular formula is C7H10BrFN2. The van der Waals surface area contributed by atoms with Crippen molar-refractivity contribution in [2.24, 2.45) is 10.9 Å². The summed E-state index contributed by atoms with van der Waals surface area (Å²) in [5, 5.41) is 2.66. The van der Waals surface area contributed by atoms with Crippen LogP contribution < -0.4 is 5.32 Å². The number of alkyl halides is 1. The highest BCUT2D eigenvalue weighted by Gasteiger charge is 2.14. The largest absolute Gasteiger partial charge is 0.361 e. The number of halogens is 2. The average molecular weight is 221 g/mol. The first kappa shape index (κ1) is 8.71. The minimum Gasteiger partial charge on any atom is -0.361 e. The Morgan fingerprint density at radius 1 is 1.91 bits per heavy atom. The number of hydrogen-bond donors (Lipinski definition) is 1. The van der Waals surface area contributed by atoms with Gasteiger partial charge in [0, 0.05) is 24.4 Å². The second-order valence-corrected chi connectivity index (χ2v) is 3.32. The second kappa shape index (κ2) is 3.85. The van der Waals surface area contributed by atoms with Crippen molar-refractivity contribution in [3.63, 3.8) is 0 Å². The van der Waals surface area contributed by atoms with Crippen LogP contribution in [0.3, 0.4) is 0 Å². The molecule has 0 aliphatic carbocycles. The maximum Gasteiger partial charge on any atom is 0.159 e. The summed E-state index contributed by atoms with van der Waals surface area (Å²) in [5.74, 6) is 0.283. The van der Waals surface area contributed by atoms with Crippen molar-refractivity contribution in [2.45, 2.75) is 6.92 Å². The van der Waals surface area contributed by atoms with E-state index < -0.39 is 6.80 Å². The molecule has 0 aromatic carbocycles. The fourth-order valence-corrected chi connectivity index (χ4v) is 1.69. The lowest BCUT2D eigenvalue weighted by atomic mass is 10.1. The molecule has 0 saturated heterocycles. The fourth-order valence-electron chi connectivity index (χ4n) is 1.02. The monoisotopic (exact) mass is 220 g/mol. The van der Waals surface area contributed by atoms with Crippen LogP contribution in [0, 0.1) is 5.92 Å². The Balaban J connectivity index is 2.74. The van der Waals surface area contributed by atoms with Crippen molar-refractivity contribution < 1.29 is 4.39 Å². The van der Waals surface area contributed by atoms with Gasteiger partial charge in [0.2, 0.25) is 0 Å². The van der Waals surface area contributed by atoms with Gasteiger partial charge in [-0.3, -0.25) is 4.99 Å². The number of nitrogens with one attached hydrogen (secondary N) is 1. The molecule has 2 nitrogen and oxygen atoms in total. The van der Waals surface area contributed by atoms with Crippen molar-refractivity contribution in [3.8, 4) is 0 Å². The molecule has 1 atom stereocenters. The first-order chi connectivity index (χ1) is 5.25. The van der Waals surface area contributed by atoms with Crippen molar-refractivity contribution in [1.82, 2.24) is 5.32 Å². The van der Waals surface area contributed by atoms with E-state index in [4.69, 9.17) is 0 Å². The minimum absolute atomic E-state index is 0.283. The highest BCUT2D eigenvalue weighted by atomic mass is 79.9. The molecule has 0 fully saturated rings. The number of rotatable bonds is 2. The Kier molecular flexibility index (Phi) is 3.05. The summed E-state index contributed by atoms with van der Waals surface area (Å²) in [6, 6.07) is 0. The summed E-state index contributed by atoms with van der Waals surface area (Å²) in [6.45, 7) is 2.22. The molecule has 0 aromatic rings. The standard InChI is InChI=1S/C7H10BrFN2/c1-5-2-10-3-6(8)7(5)11-4-9/h3,5,11H,2,4H2,1H3. The van der Waals surface area contributed by atoms with Gasteiger partial charge in [-0.1, -0.05) is 6.92 Å². The van der Waals surface area contributed by atoms with Gasteiger partial charge in [0.05, 0.1) is 4.48 Å². The SMILES string of the molecule is CC1CN=CC(Br)=C1NCF. The molecule has 62 valence electrons. The first-order valence-electron chi connectivity index (χ1n) is 3.45. The van der Waals surface area contributed by atoms with E-state index in [9.17, 15) is 4.39 Å². The van der Waals surface area contributed by atoms with Gasteiger partial charge in [0.25, 0.3) is 0 Å². The molecule has 0 saturated carbocycles. The zero-order chi connectivity index (χ0) is 8.27. The third-order valence-corrected chi connectivity index (χ3v) is 2.22. The lowest BCUT2D eigenvalue weighted by molar-refractivity contribution is 0.434. The summed E-state index contributed by atoms with van der Waals surface area (Å²) >= 11 is 3.30. The molecule has 1 aliphatic rings. The molecule has 1 aliphatic heterocycles. The molecule has 0 spiro atoms. The third kappa shape index (κ3) is 2.02. The Bertz CT molecular complexity index is 201. The fraction of sp³-hybridized carbons (Fsp3) is 0.571. The molecule has 1 heterocycles. The molecule has 0 amide bonds. The van der Waals surface area contributed by atoms with E-state index in [0.29, 0.717) is 0 Å². The predicted molar refractivity (Wildman–Crippen MR) is 47.6 cm³/mol. The molecule has 0 aromatic heterocycles. The van der Waals surface area contributed by atoms with Crippen LogP contribution in [-0.4, -0.2) is 19.6 Å². The second-order valence-electron chi connectivity index (χ2n) is 2.47. The topological polar surface area (TPSA) is 24.4 Å². The van der Waals surface area contributed by atoms with Gasteiger partial charge < -0.3 is 5.32 Å². The molecule has 1 rings (SSSR count). The van der Waals surface area contributed by atoms with E-state index in [-0.39, 0.29) is 5.92 Å². The van der Waals surface area contributed by atoms with Gasteiger partial charge in [-0.2, -0.15) is 0 Å². The summed E-state index contributed by atoms with van der Waals surface area (Å²) in [5.41, 5.74) is 0.905. The lowest BCUT2D eigenvalue weighted by Crippen LogP contribution is -2.23. The lowest BCUT2D eigenvalue weighted by Gasteiger charge is -2.18. The van der Waals surface area contributed by atoms with Crippen LogP contribution in [0.2, 0.25) is 0 Å². The van der Waals surface area contributed by atoms with Gasteiger partial charge in [-0.25, -0.2) is 4.39 Å². The smallest absolute Gasteiger partial charge is 0.159 e. The maximum atomic E-state index is 11.9.